The van der Waals surface area contributed by atoms with Crippen molar-refractivity contribution in [3.63, 3.8) is 0 Å². The Morgan fingerprint density at radius 2 is 1.50 bits per heavy atom. The molecule has 32 heavy (non-hydrogen) atoms. The lowest BCUT2D eigenvalue weighted by atomic mass is 9.49. The van der Waals surface area contributed by atoms with Crippen molar-refractivity contribution in [2.24, 2.45) is 23.2 Å². The van der Waals surface area contributed by atoms with Crippen LogP contribution in [0.3, 0.4) is 0 Å². The van der Waals surface area contributed by atoms with Crippen LogP contribution in [-0.4, -0.2) is 30.6 Å². The Morgan fingerprint density at radius 1 is 0.844 bits per heavy atom. The first-order valence-corrected chi connectivity index (χ1v) is 13.2. The van der Waals surface area contributed by atoms with Gasteiger partial charge in [-0.1, -0.05) is 35.4 Å². The highest BCUT2D eigenvalue weighted by atomic mass is 15.2. The maximum absolute atomic E-state index is 2.90. The second-order valence-corrected chi connectivity index (χ2v) is 12.4. The summed E-state index contributed by atoms with van der Waals surface area (Å²) in [5.41, 5.74) is 7.86. The molecule has 2 aromatic rings. The molecule has 6 aliphatic rings. The first-order chi connectivity index (χ1) is 15.6. The van der Waals surface area contributed by atoms with E-state index in [1.807, 2.05) is 0 Å². The van der Waals surface area contributed by atoms with Crippen LogP contribution >= 0.6 is 0 Å². The second-order valence-electron chi connectivity index (χ2n) is 12.4. The summed E-state index contributed by atoms with van der Waals surface area (Å²) in [6, 6.07) is 17.0. The largest absolute Gasteiger partial charge is 0.337 e. The summed E-state index contributed by atoms with van der Waals surface area (Å²) in [4.78, 5) is 5.58. The Balaban J connectivity index is 1.17. The lowest BCUT2D eigenvalue weighted by Gasteiger charge is -2.58. The fourth-order valence-electron chi connectivity index (χ4n) is 9.13. The number of benzene rings is 2. The van der Waals surface area contributed by atoms with Crippen molar-refractivity contribution >= 4 is 11.4 Å². The summed E-state index contributed by atoms with van der Waals surface area (Å²) in [6.07, 6.45) is 10.6. The molecule has 4 aliphatic carbocycles. The van der Waals surface area contributed by atoms with Gasteiger partial charge in [0.2, 0.25) is 0 Å². The highest BCUT2D eigenvalue weighted by Gasteiger charge is 2.52. The molecule has 2 aliphatic heterocycles. The summed E-state index contributed by atoms with van der Waals surface area (Å²) >= 11 is 0. The number of hydrogen-bond donors (Lipinski definition) is 0. The predicted octanol–water partition coefficient (Wildman–Crippen LogP) is 6.83. The SMILES string of the molecule is Cc1ccc(N2c3ccc(C)cc3[C@@H]3CN(CC45CC6CC(CC(C6)C4)C5)CC[C@H]32)cc1. The molecule has 5 fully saturated rings. The number of nitrogens with zero attached hydrogens (tertiary/aromatic N) is 2. The monoisotopic (exact) mass is 426 g/mol. The maximum Gasteiger partial charge on any atom is 0.0450 e. The number of anilines is 2. The van der Waals surface area contributed by atoms with Crippen molar-refractivity contribution in [3.8, 4) is 0 Å². The number of fused-ring (bicyclic) bond motifs is 3. The van der Waals surface area contributed by atoms with Gasteiger partial charge in [-0.05, 0) is 106 Å². The first-order valence-electron chi connectivity index (χ1n) is 13.2. The number of likely N-dealkylation sites (tertiary alicyclic amines) is 1. The van der Waals surface area contributed by atoms with Gasteiger partial charge in [-0.15, -0.1) is 0 Å². The van der Waals surface area contributed by atoms with Crippen molar-refractivity contribution < 1.29 is 0 Å². The zero-order valence-corrected chi connectivity index (χ0v) is 19.9. The molecule has 1 saturated heterocycles. The van der Waals surface area contributed by atoms with Crippen LogP contribution in [0.2, 0.25) is 0 Å². The average molecular weight is 427 g/mol. The van der Waals surface area contributed by atoms with E-state index in [1.54, 1.807) is 24.8 Å². The number of aryl methyl sites for hydroxylation is 2. The van der Waals surface area contributed by atoms with Crippen molar-refractivity contribution in [2.75, 3.05) is 24.5 Å². The Hall–Kier alpha value is -1.80. The highest BCUT2D eigenvalue weighted by Crippen LogP contribution is 2.60. The van der Waals surface area contributed by atoms with Crippen molar-refractivity contribution in [3.05, 3.63) is 59.2 Å². The van der Waals surface area contributed by atoms with Gasteiger partial charge in [0.1, 0.15) is 0 Å². The van der Waals surface area contributed by atoms with E-state index in [2.05, 4.69) is 66.1 Å². The third kappa shape index (κ3) is 3.09. The summed E-state index contributed by atoms with van der Waals surface area (Å²) in [7, 11) is 0. The molecule has 2 atom stereocenters. The predicted molar refractivity (Wildman–Crippen MR) is 133 cm³/mol. The highest BCUT2D eigenvalue weighted by molar-refractivity contribution is 5.73. The third-order valence-corrected chi connectivity index (χ3v) is 9.87. The van der Waals surface area contributed by atoms with Gasteiger partial charge in [-0.3, -0.25) is 0 Å². The van der Waals surface area contributed by atoms with Crippen LogP contribution in [0.5, 0.6) is 0 Å². The molecule has 168 valence electrons. The number of hydrogen-bond acceptors (Lipinski definition) is 2. The van der Waals surface area contributed by atoms with E-state index in [-0.39, 0.29) is 0 Å². The molecule has 4 bridgehead atoms. The topological polar surface area (TPSA) is 6.48 Å². The van der Waals surface area contributed by atoms with Crippen LogP contribution in [0.15, 0.2) is 42.5 Å². The minimum Gasteiger partial charge on any atom is -0.337 e. The third-order valence-electron chi connectivity index (χ3n) is 9.87. The fourth-order valence-corrected chi connectivity index (χ4v) is 9.13. The molecular formula is C30H38N2. The molecule has 0 spiro atoms. The second kappa shape index (κ2) is 7.10. The van der Waals surface area contributed by atoms with Crippen LogP contribution in [0.1, 0.15) is 67.6 Å². The molecular weight excluding hydrogens is 388 g/mol. The smallest absolute Gasteiger partial charge is 0.0450 e. The van der Waals surface area contributed by atoms with Crippen LogP contribution in [0, 0.1) is 37.0 Å². The first kappa shape index (κ1) is 19.6. The van der Waals surface area contributed by atoms with E-state index in [0.29, 0.717) is 17.4 Å². The van der Waals surface area contributed by atoms with Gasteiger partial charge >= 0.3 is 0 Å². The van der Waals surface area contributed by atoms with E-state index in [4.69, 9.17) is 0 Å². The van der Waals surface area contributed by atoms with E-state index in [1.165, 1.54) is 67.8 Å². The van der Waals surface area contributed by atoms with Gasteiger partial charge < -0.3 is 9.80 Å². The van der Waals surface area contributed by atoms with Gasteiger partial charge in [-0.25, -0.2) is 0 Å². The molecule has 0 N–H and O–H groups in total. The minimum atomic E-state index is 0.613. The quantitative estimate of drug-likeness (QED) is 0.531. The molecule has 0 amide bonds. The summed E-state index contributed by atoms with van der Waals surface area (Å²) in [5.74, 6) is 3.83. The molecule has 4 saturated carbocycles. The minimum absolute atomic E-state index is 0.613. The van der Waals surface area contributed by atoms with Gasteiger partial charge in [0.25, 0.3) is 0 Å². The molecule has 2 nitrogen and oxygen atoms in total. The molecule has 0 aromatic heterocycles. The normalized spacial score (nSPS) is 37.6. The molecule has 2 heterocycles. The summed E-state index contributed by atoms with van der Waals surface area (Å²) in [6.45, 7) is 8.37. The Kier molecular flexibility index (Phi) is 4.36. The van der Waals surface area contributed by atoms with Crippen LogP contribution in [0.4, 0.5) is 11.4 Å². The average Bonchev–Trinajstić information content (AvgIpc) is 3.06. The molecule has 0 unspecified atom stereocenters. The zero-order chi connectivity index (χ0) is 21.4. The molecule has 2 aromatic carbocycles. The van der Waals surface area contributed by atoms with Crippen LogP contribution in [-0.2, 0) is 0 Å². The van der Waals surface area contributed by atoms with Crippen LogP contribution < -0.4 is 4.90 Å². The van der Waals surface area contributed by atoms with E-state index >= 15 is 0 Å². The Labute approximate surface area is 194 Å². The Bertz CT molecular complexity index is 986. The molecule has 8 rings (SSSR count). The van der Waals surface area contributed by atoms with Gasteiger partial charge in [0.05, 0.1) is 0 Å². The van der Waals surface area contributed by atoms with Gasteiger partial charge in [0.15, 0.2) is 0 Å². The standard InChI is InChI=1S/C30H38N2/c1-20-3-6-25(7-4-20)32-28-8-5-21(2)11-26(28)27-18-31(10-9-29(27)32)19-30-15-22-12-23(16-30)14-24(13-22)17-30/h3-8,11,22-24,27,29H,9-10,12-19H2,1-2H3/t22?,23?,24?,27-,29+,30?/m0/s1. The van der Waals surface area contributed by atoms with Gasteiger partial charge in [0, 0.05) is 43.0 Å². The molecule has 0 radical (unpaired) electrons. The lowest BCUT2D eigenvalue weighted by molar-refractivity contribution is -0.0721. The van der Waals surface area contributed by atoms with Crippen LogP contribution in [0.25, 0.3) is 0 Å². The lowest BCUT2D eigenvalue weighted by Crippen LogP contribution is -2.54. The number of piperidine rings is 1. The zero-order valence-electron chi connectivity index (χ0n) is 19.9. The van der Waals surface area contributed by atoms with Crippen molar-refractivity contribution in [1.82, 2.24) is 4.90 Å². The number of rotatable bonds is 3. The van der Waals surface area contributed by atoms with E-state index < -0.39 is 0 Å². The van der Waals surface area contributed by atoms with E-state index in [9.17, 15) is 0 Å². The molecule has 2 heteroatoms. The van der Waals surface area contributed by atoms with Crippen molar-refractivity contribution in [2.45, 2.75) is 70.8 Å². The fraction of sp³-hybridized carbons (Fsp3) is 0.600. The summed E-state index contributed by atoms with van der Waals surface area (Å²) < 4.78 is 0. The summed E-state index contributed by atoms with van der Waals surface area (Å²) in [5, 5.41) is 0. The van der Waals surface area contributed by atoms with E-state index in [0.717, 1.165) is 17.8 Å². The maximum atomic E-state index is 2.90. The Morgan fingerprint density at radius 3 is 2.19 bits per heavy atom. The van der Waals surface area contributed by atoms with Crippen molar-refractivity contribution in [1.29, 1.82) is 0 Å². The van der Waals surface area contributed by atoms with Gasteiger partial charge in [-0.2, -0.15) is 0 Å².